The second-order valence-corrected chi connectivity index (χ2v) is 10.1. The van der Waals surface area contributed by atoms with Crippen LogP contribution >= 0.6 is 23.1 Å². The fourth-order valence-corrected chi connectivity index (χ4v) is 5.46. The molecule has 3 aromatic carbocycles. The van der Waals surface area contributed by atoms with Crippen molar-refractivity contribution in [2.75, 3.05) is 23.2 Å². The van der Waals surface area contributed by atoms with Gasteiger partial charge in [-0.25, -0.2) is 4.98 Å². The Balaban J connectivity index is 1.22. The summed E-state index contributed by atoms with van der Waals surface area (Å²) in [6, 6.07) is 16.6. The maximum absolute atomic E-state index is 12.7. The van der Waals surface area contributed by atoms with Gasteiger partial charge in [-0.3, -0.25) is 9.59 Å². The highest BCUT2D eigenvalue weighted by molar-refractivity contribution is 8.01. The van der Waals surface area contributed by atoms with Gasteiger partial charge in [0.2, 0.25) is 12.7 Å². The number of fused-ring (bicyclic) bond motifs is 2. The summed E-state index contributed by atoms with van der Waals surface area (Å²) in [5.41, 5.74) is 4.99. The van der Waals surface area contributed by atoms with Crippen LogP contribution in [0.3, 0.4) is 0 Å². The lowest BCUT2D eigenvalue weighted by atomic mass is 10.1. The van der Waals surface area contributed by atoms with E-state index in [9.17, 15) is 9.59 Å². The molecule has 34 heavy (non-hydrogen) atoms. The highest BCUT2D eigenvalue weighted by atomic mass is 32.2. The zero-order valence-electron chi connectivity index (χ0n) is 18.5. The minimum absolute atomic E-state index is 0.0760. The fourth-order valence-electron chi connectivity index (χ4n) is 3.55. The number of aromatic nitrogens is 1. The molecule has 0 radical (unpaired) electrons. The lowest BCUT2D eigenvalue weighted by molar-refractivity contribution is -0.113. The Bertz CT molecular complexity index is 1420. The molecule has 0 saturated carbocycles. The molecule has 1 aromatic heterocycles. The van der Waals surface area contributed by atoms with E-state index < -0.39 is 0 Å². The second kappa shape index (κ2) is 9.36. The largest absolute Gasteiger partial charge is 0.454 e. The van der Waals surface area contributed by atoms with Gasteiger partial charge in [-0.15, -0.1) is 11.3 Å². The number of nitrogens with one attached hydrogen (secondary N) is 2. The van der Waals surface area contributed by atoms with Crippen LogP contribution in [0.2, 0.25) is 0 Å². The number of carbonyl (C=O) groups is 2. The Hall–Kier alpha value is -3.56. The molecule has 2 heterocycles. The van der Waals surface area contributed by atoms with Crippen molar-refractivity contribution in [3.63, 3.8) is 0 Å². The van der Waals surface area contributed by atoms with Crippen molar-refractivity contribution in [3.8, 4) is 11.5 Å². The van der Waals surface area contributed by atoms with E-state index in [0.29, 0.717) is 22.7 Å². The third kappa shape index (κ3) is 4.85. The van der Waals surface area contributed by atoms with Crippen molar-refractivity contribution in [2.24, 2.45) is 0 Å². The molecule has 1 aliphatic heterocycles. The average molecular weight is 492 g/mol. The van der Waals surface area contributed by atoms with Gasteiger partial charge < -0.3 is 20.1 Å². The smallest absolute Gasteiger partial charge is 0.255 e. The first-order valence-electron chi connectivity index (χ1n) is 10.6. The van der Waals surface area contributed by atoms with E-state index in [2.05, 4.69) is 15.6 Å². The van der Waals surface area contributed by atoms with Crippen LogP contribution in [0.5, 0.6) is 11.5 Å². The summed E-state index contributed by atoms with van der Waals surface area (Å²) in [6.07, 6.45) is 0. The minimum atomic E-state index is -0.236. The summed E-state index contributed by atoms with van der Waals surface area (Å²) >= 11 is 2.88. The number of thiazole rings is 1. The van der Waals surface area contributed by atoms with E-state index in [1.165, 1.54) is 23.1 Å². The summed E-state index contributed by atoms with van der Waals surface area (Å²) in [6.45, 7) is 4.16. The Kier molecular flexibility index (Phi) is 6.12. The molecule has 1 aliphatic rings. The highest BCUT2D eigenvalue weighted by Crippen LogP contribution is 2.34. The van der Waals surface area contributed by atoms with Crippen LogP contribution in [0.4, 0.5) is 11.4 Å². The molecule has 9 heteroatoms. The van der Waals surface area contributed by atoms with Crippen molar-refractivity contribution in [1.29, 1.82) is 0 Å². The molecule has 2 N–H and O–H groups in total. The van der Waals surface area contributed by atoms with Gasteiger partial charge in [-0.1, -0.05) is 29.5 Å². The summed E-state index contributed by atoms with van der Waals surface area (Å²) in [5, 5.41) is 5.87. The molecule has 0 fully saturated rings. The number of aryl methyl sites for hydroxylation is 2. The predicted octanol–water partition coefficient (Wildman–Crippen LogP) is 5.62. The summed E-state index contributed by atoms with van der Waals surface area (Å²) in [7, 11) is 0. The average Bonchev–Trinajstić information content (AvgIpc) is 3.45. The molecule has 0 spiro atoms. The van der Waals surface area contributed by atoms with Crippen LogP contribution in [0.25, 0.3) is 10.2 Å². The maximum atomic E-state index is 12.7. The first-order valence-corrected chi connectivity index (χ1v) is 12.4. The predicted molar refractivity (Wildman–Crippen MR) is 135 cm³/mol. The van der Waals surface area contributed by atoms with Crippen molar-refractivity contribution in [1.82, 2.24) is 4.98 Å². The van der Waals surface area contributed by atoms with E-state index in [1.807, 2.05) is 50.2 Å². The fraction of sp³-hybridized carbons (Fsp3) is 0.160. The molecule has 5 rings (SSSR count). The molecule has 0 unspecified atom stereocenters. The van der Waals surface area contributed by atoms with E-state index >= 15 is 0 Å². The van der Waals surface area contributed by atoms with E-state index in [0.717, 1.165) is 31.4 Å². The number of hydrogen-bond donors (Lipinski definition) is 2. The minimum Gasteiger partial charge on any atom is -0.454 e. The topological polar surface area (TPSA) is 89.6 Å². The van der Waals surface area contributed by atoms with Crippen LogP contribution < -0.4 is 20.1 Å². The lowest BCUT2D eigenvalue weighted by Gasteiger charge is -2.08. The molecular formula is C25H21N3O4S2. The van der Waals surface area contributed by atoms with Gasteiger partial charge in [-0.05, 0) is 61.9 Å². The molecule has 0 aliphatic carbocycles. The number of anilines is 2. The monoisotopic (exact) mass is 491 g/mol. The first kappa shape index (κ1) is 22.2. The molecule has 172 valence electrons. The highest BCUT2D eigenvalue weighted by Gasteiger charge is 2.17. The van der Waals surface area contributed by atoms with Gasteiger partial charge in [0.25, 0.3) is 5.91 Å². The third-order valence-electron chi connectivity index (χ3n) is 5.24. The molecular weight excluding hydrogens is 470 g/mol. The number of amides is 2. The molecule has 2 amide bonds. The van der Waals surface area contributed by atoms with Crippen molar-refractivity contribution >= 4 is 56.5 Å². The quantitative estimate of drug-likeness (QED) is 0.340. The van der Waals surface area contributed by atoms with Crippen LogP contribution in [-0.4, -0.2) is 29.3 Å². The molecule has 7 nitrogen and oxygen atoms in total. The van der Waals surface area contributed by atoms with Crippen molar-refractivity contribution < 1.29 is 19.1 Å². The van der Waals surface area contributed by atoms with Crippen LogP contribution in [0.1, 0.15) is 21.5 Å². The maximum Gasteiger partial charge on any atom is 0.255 e. The van der Waals surface area contributed by atoms with Gasteiger partial charge in [0.05, 0.1) is 16.0 Å². The number of thioether (sulfide) groups is 1. The molecule has 0 bridgehead atoms. The SMILES string of the molecule is Cc1ccc(NC(=O)CSc2nc3ccc(NC(=O)c4ccc5c(c4)OCO5)cc3s2)c(C)c1. The third-order valence-corrected chi connectivity index (χ3v) is 7.41. The van der Waals surface area contributed by atoms with Crippen molar-refractivity contribution in [3.05, 3.63) is 71.3 Å². The number of hydrogen-bond acceptors (Lipinski definition) is 7. The van der Waals surface area contributed by atoms with E-state index in [1.54, 1.807) is 18.2 Å². The number of rotatable bonds is 6. The number of ether oxygens (including phenoxy) is 2. The standard InChI is InChI=1S/C25H21N3O4S2/c1-14-3-6-18(15(2)9-14)27-23(29)12-33-25-28-19-7-5-17(11-22(19)34-25)26-24(30)16-4-8-20-21(10-16)32-13-31-20/h3-11H,12-13H2,1-2H3,(H,26,30)(H,27,29). The normalized spacial score (nSPS) is 12.1. The van der Waals surface area contributed by atoms with Gasteiger partial charge in [0.15, 0.2) is 15.8 Å². The van der Waals surface area contributed by atoms with Gasteiger partial charge in [-0.2, -0.15) is 0 Å². The first-order chi connectivity index (χ1) is 16.4. The van der Waals surface area contributed by atoms with E-state index in [-0.39, 0.29) is 24.4 Å². The Labute approximate surface area is 204 Å². The van der Waals surface area contributed by atoms with Gasteiger partial charge in [0.1, 0.15) is 0 Å². The van der Waals surface area contributed by atoms with Crippen LogP contribution in [0.15, 0.2) is 58.9 Å². The van der Waals surface area contributed by atoms with Crippen LogP contribution in [0, 0.1) is 13.8 Å². The number of carbonyl (C=O) groups excluding carboxylic acids is 2. The van der Waals surface area contributed by atoms with Gasteiger partial charge >= 0.3 is 0 Å². The van der Waals surface area contributed by atoms with E-state index in [4.69, 9.17) is 9.47 Å². The number of benzene rings is 3. The number of nitrogens with zero attached hydrogens (tertiary/aromatic N) is 1. The van der Waals surface area contributed by atoms with Crippen molar-refractivity contribution in [2.45, 2.75) is 18.2 Å². The summed E-state index contributed by atoms with van der Waals surface area (Å²) < 4.78 is 12.4. The van der Waals surface area contributed by atoms with Crippen LogP contribution in [-0.2, 0) is 4.79 Å². The molecule has 0 saturated heterocycles. The Morgan fingerprint density at radius 3 is 2.71 bits per heavy atom. The summed E-state index contributed by atoms with van der Waals surface area (Å²) in [5.74, 6) is 1.15. The Morgan fingerprint density at radius 2 is 1.85 bits per heavy atom. The second-order valence-electron chi connectivity index (χ2n) is 7.84. The lowest BCUT2D eigenvalue weighted by Crippen LogP contribution is -2.14. The summed E-state index contributed by atoms with van der Waals surface area (Å²) in [4.78, 5) is 29.7. The molecule has 0 atom stereocenters. The molecule has 4 aromatic rings. The zero-order valence-corrected chi connectivity index (χ0v) is 20.1. The Morgan fingerprint density at radius 1 is 1.00 bits per heavy atom. The van der Waals surface area contributed by atoms with Gasteiger partial charge in [0, 0.05) is 16.9 Å². The zero-order chi connectivity index (χ0) is 23.7.